The van der Waals surface area contributed by atoms with Crippen LogP contribution in [0.4, 0.5) is 5.69 Å². The number of para-hydroxylation sites is 2. The molecule has 0 unspecified atom stereocenters. The number of piperazine rings is 1. The average Bonchev–Trinajstić information content (AvgIpc) is 3.05. The summed E-state index contributed by atoms with van der Waals surface area (Å²) in [5.41, 5.74) is 3.54. The van der Waals surface area contributed by atoms with Gasteiger partial charge >= 0.3 is 0 Å². The molecule has 4 rings (SSSR count). The third kappa shape index (κ3) is 4.58. The van der Waals surface area contributed by atoms with Crippen LogP contribution in [0.3, 0.4) is 0 Å². The van der Waals surface area contributed by atoms with E-state index in [1.807, 2.05) is 18.2 Å². The Bertz CT molecular complexity index is 1050. The molecule has 0 spiro atoms. The van der Waals surface area contributed by atoms with Crippen LogP contribution in [0.15, 0.2) is 48.5 Å². The summed E-state index contributed by atoms with van der Waals surface area (Å²) in [4.78, 5) is 33.0. The molecule has 0 radical (unpaired) electrons. The van der Waals surface area contributed by atoms with Crippen LogP contribution in [0.25, 0.3) is 11.0 Å². The highest BCUT2D eigenvalue weighted by molar-refractivity contribution is 5.96. The van der Waals surface area contributed by atoms with E-state index in [1.165, 1.54) is 6.92 Å². The molecule has 1 aliphatic rings. The van der Waals surface area contributed by atoms with E-state index in [0.717, 1.165) is 49.6 Å². The number of aromatic nitrogens is 2. The predicted octanol–water partition coefficient (Wildman–Crippen LogP) is 2.53. The summed E-state index contributed by atoms with van der Waals surface area (Å²) >= 11 is 0. The predicted molar refractivity (Wildman–Crippen MR) is 118 cm³/mol. The molecular formula is C23H27N5O2. The van der Waals surface area contributed by atoms with Crippen molar-refractivity contribution in [3.05, 3.63) is 59.9 Å². The number of benzene rings is 2. The number of aryl methyl sites for hydroxylation is 1. The molecule has 1 aliphatic heterocycles. The van der Waals surface area contributed by atoms with Crippen molar-refractivity contribution in [3.8, 4) is 0 Å². The Morgan fingerprint density at radius 1 is 0.967 bits per heavy atom. The van der Waals surface area contributed by atoms with Crippen LogP contribution in [0, 0.1) is 0 Å². The Morgan fingerprint density at radius 3 is 2.30 bits per heavy atom. The van der Waals surface area contributed by atoms with E-state index in [-0.39, 0.29) is 11.7 Å². The van der Waals surface area contributed by atoms with E-state index < -0.39 is 0 Å². The SMILES string of the molecule is CC(=O)c1ccc(NC(=O)CN2CCN(Cc3nc4ccccc4n3C)CC2)cc1. The van der Waals surface area contributed by atoms with Crippen molar-refractivity contribution in [3.63, 3.8) is 0 Å². The standard InChI is InChI=1S/C23H27N5O2/c1-17(29)18-7-9-19(10-8-18)24-23(30)16-28-13-11-27(12-14-28)15-22-25-20-5-3-4-6-21(20)26(22)2/h3-10H,11-16H2,1-2H3,(H,24,30). The van der Waals surface area contributed by atoms with Crippen molar-refractivity contribution < 1.29 is 9.59 Å². The highest BCUT2D eigenvalue weighted by Gasteiger charge is 2.20. The number of anilines is 1. The van der Waals surface area contributed by atoms with Crippen LogP contribution >= 0.6 is 0 Å². The van der Waals surface area contributed by atoms with Crippen LogP contribution in [0.5, 0.6) is 0 Å². The first-order chi connectivity index (χ1) is 14.5. The Morgan fingerprint density at radius 2 is 1.63 bits per heavy atom. The Hall–Kier alpha value is -3.03. The van der Waals surface area contributed by atoms with Crippen LogP contribution < -0.4 is 5.32 Å². The molecule has 2 aromatic carbocycles. The number of rotatable bonds is 6. The van der Waals surface area contributed by atoms with E-state index in [4.69, 9.17) is 4.98 Å². The number of imidazole rings is 1. The third-order valence-corrected chi connectivity index (χ3v) is 5.65. The second-order valence-corrected chi connectivity index (χ2v) is 7.81. The Balaban J connectivity index is 1.26. The van der Waals surface area contributed by atoms with Gasteiger partial charge in [-0.3, -0.25) is 19.4 Å². The summed E-state index contributed by atoms with van der Waals surface area (Å²) in [6.07, 6.45) is 0. The van der Waals surface area contributed by atoms with Crippen LogP contribution in [0.2, 0.25) is 0 Å². The molecule has 3 aromatic rings. The van der Waals surface area contributed by atoms with Gasteiger partial charge in [0.2, 0.25) is 5.91 Å². The van der Waals surface area contributed by atoms with Crippen molar-refractivity contribution in [2.24, 2.45) is 7.05 Å². The molecule has 156 valence electrons. The second-order valence-electron chi connectivity index (χ2n) is 7.81. The fourth-order valence-electron chi connectivity index (χ4n) is 3.83. The number of amides is 1. The van der Waals surface area contributed by atoms with Gasteiger partial charge in [0.25, 0.3) is 0 Å². The number of hydrogen-bond acceptors (Lipinski definition) is 5. The van der Waals surface area contributed by atoms with Crippen molar-refractivity contribution in [2.45, 2.75) is 13.5 Å². The minimum Gasteiger partial charge on any atom is -0.330 e. The second kappa shape index (κ2) is 8.77. The fourth-order valence-corrected chi connectivity index (χ4v) is 3.83. The summed E-state index contributed by atoms with van der Waals surface area (Å²) < 4.78 is 2.16. The molecule has 1 saturated heterocycles. The smallest absolute Gasteiger partial charge is 0.238 e. The zero-order valence-corrected chi connectivity index (χ0v) is 17.5. The normalized spacial score (nSPS) is 15.4. The highest BCUT2D eigenvalue weighted by atomic mass is 16.2. The Kier molecular flexibility index (Phi) is 5.92. The molecule has 0 bridgehead atoms. The van der Waals surface area contributed by atoms with Crippen LogP contribution in [-0.4, -0.2) is 63.8 Å². The number of fused-ring (bicyclic) bond motifs is 1. The lowest BCUT2D eigenvalue weighted by Crippen LogP contribution is -2.48. The van der Waals surface area contributed by atoms with E-state index in [1.54, 1.807) is 24.3 Å². The molecule has 30 heavy (non-hydrogen) atoms. The summed E-state index contributed by atoms with van der Waals surface area (Å²) in [5.74, 6) is 1.05. The van der Waals surface area contributed by atoms with E-state index in [0.29, 0.717) is 17.8 Å². The van der Waals surface area contributed by atoms with E-state index in [2.05, 4.69) is 32.8 Å². The quantitative estimate of drug-likeness (QED) is 0.638. The Labute approximate surface area is 176 Å². The lowest BCUT2D eigenvalue weighted by Gasteiger charge is -2.34. The number of nitrogens with one attached hydrogen (secondary N) is 1. The summed E-state index contributed by atoms with van der Waals surface area (Å²) in [6.45, 7) is 6.22. The molecule has 1 N–H and O–H groups in total. The molecule has 7 heteroatoms. The fraction of sp³-hybridized carbons (Fsp3) is 0.348. The maximum Gasteiger partial charge on any atom is 0.238 e. The zero-order valence-electron chi connectivity index (χ0n) is 17.5. The highest BCUT2D eigenvalue weighted by Crippen LogP contribution is 2.16. The monoisotopic (exact) mass is 405 g/mol. The van der Waals surface area contributed by atoms with Gasteiger partial charge in [-0.25, -0.2) is 4.98 Å². The van der Waals surface area contributed by atoms with Crippen LogP contribution in [0.1, 0.15) is 23.1 Å². The van der Waals surface area contributed by atoms with Gasteiger partial charge in [0.15, 0.2) is 5.78 Å². The average molecular weight is 406 g/mol. The number of carbonyl (C=O) groups excluding carboxylic acids is 2. The lowest BCUT2D eigenvalue weighted by molar-refractivity contribution is -0.117. The number of nitrogens with zero attached hydrogens (tertiary/aromatic N) is 4. The number of ketones is 1. The minimum atomic E-state index is -0.0330. The first-order valence-corrected chi connectivity index (χ1v) is 10.3. The topological polar surface area (TPSA) is 70.5 Å². The number of carbonyl (C=O) groups is 2. The van der Waals surface area contributed by atoms with Gasteiger partial charge < -0.3 is 9.88 Å². The van der Waals surface area contributed by atoms with Crippen molar-refractivity contribution in [1.82, 2.24) is 19.4 Å². The number of hydrogen-bond donors (Lipinski definition) is 1. The van der Waals surface area contributed by atoms with Gasteiger partial charge in [-0.05, 0) is 43.3 Å². The molecule has 2 heterocycles. The van der Waals surface area contributed by atoms with Gasteiger partial charge in [0, 0.05) is 44.5 Å². The lowest BCUT2D eigenvalue weighted by atomic mass is 10.1. The molecule has 0 aliphatic carbocycles. The summed E-state index contributed by atoms with van der Waals surface area (Å²) in [7, 11) is 2.06. The molecule has 7 nitrogen and oxygen atoms in total. The maximum absolute atomic E-state index is 12.4. The van der Waals surface area contributed by atoms with Crippen molar-refractivity contribution >= 4 is 28.4 Å². The molecule has 1 aromatic heterocycles. The van der Waals surface area contributed by atoms with Crippen molar-refractivity contribution in [2.75, 3.05) is 38.0 Å². The molecule has 0 atom stereocenters. The van der Waals surface area contributed by atoms with Crippen LogP contribution in [-0.2, 0) is 18.4 Å². The zero-order chi connectivity index (χ0) is 21.1. The van der Waals surface area contributed by atoms with Gasteiger partial charge in [-0.1, -0.05) is 12.1 Å². The van der Waals surface area contributed by atoms with E-state index in [9.17, 15) is 9.59 Å². The molecule has 1 amide bonds. The first kappa shape index (κ1) is 20.3. The van der Waals surface area contributed by atoms with Gasteiger partial charge in [0.1, 0.15) is 5.82 Å². The largest absolute Gasteiger partial charge is 0.330 e. The van der Waals surface area contributed by atoms with Gasteiger partial charge in [-0.2, -0.15) is 0 Å². The summed E-state index contributed by atoms with van der Waals surface area (Å²) in [6, 6.07) is 15.2. The maximum atomic E-state index is 12.4. The first-order valence-electron chi connectivity index (χ1n) is 10.3. The van der Waals surface area contributed by atoms with E-state index >= 15 is 0 Å². The summed E-state index contributed by atoms with van der Waals surface area (Å²) in [5, 5.41) is 2.91. The van der Waals surface area contributed by atoms with Gasteiger partial charge in [-0.15, -0.1) is 0 Å². The minimum absolute atomic E-state index is 0.0180. The molecule has 0 saturated carbocycles. The van der Waals surface area contributed by atoms with Crippen molar-refractivity contribution in [1.29, 1.82) is 0 Å². The number of Topliss-reactive ketones (excluding diaryl/α,β-unsaturated/α-hetero) is 1. The van der Waals surface area contributed by atoms with Gasteiger partial charge in [0.05, 0.1) is 24.1 Å². The molecule has 1 fully saturated rings. The molecular weight excluding hydrogens is 378 g/mol. The third-order valence-electron chi connectivity index (χ3n) is 5.65.